The maximum absolute atomic E-state index is 11.4. The van der Waals surface area contributed by atoms with Crippen LogP contribution in [-0.2, 0) is 4.74 Å². The van der Waals surface area contributed by atoms with E-state index >= 15 is 0 Å². The lowest BCUT2D eigenvalue weighted by Gasteiger charge is -2.29. The molecule has 2 heterocycles. The average molecular weight is 362 g/mol. The standard InChI is InChI=1S/C17H20ClN5O2/c1-11-14(18)21-15(22-16(11)23-7-9-25-10-8-23)12-3-5-13(6-4-12)20-17(24)19-2/h3-6H,7-10H2,1-2H3,(H2,19,20,24). The molecule has 2 amide bonds. The van der Waals surface area contributed by atoms with Crippen LogP contribution in [0.4, 0.5) is 16.3 Å². The molecule has 0 aliphatic carbocycles. The summed E-state index contributed by atoms with van der Waals surface area (Å²) in [4.78, 5) is 22.6. The fourth-order valence-electron chi connectivity index (χ4n) is 2.59. The van der Waals surface area contributed by atoms with Gasteiger partial charge in [0.1, 0.15) is 11.0 Å². The van der Waals surface area contributed by atoms with E-state index in [0.29, 0.717) is 29.9 Å². The fourth-order valence-corrected chi connectivity index (χ4v) is 2.75. The summed E-state index contributed by atoms with van der Waals surface area (Å²) in [6, 6.07) is 7.05. The van der Waals surface area contributed by atoms with Crippen molar-refractivity contribution in [2.75, 3.05) is 43.6 Å². The lowest BCUT2D eigenvalue weighted by molar-refractivity contribution is 0.122. The lowest BCUT2D eigenvalue weighted by Crippen LogP contribution is -2.37. The first-order chi connectivity index (χ1) is 12.1. The Labute approximate surface area is 151 Å². The largest absolute Gasteiger partial charge is 0.378 e. The van der Waals surface area contributed by atoms with Gasteiger partial charge in [-0.1, -0.05) is 11.6 Å². The van der Waals surface area contributed by atoms with Crippen LogP contribution in [0.25, 0.3) is 11.4 Å². The Bertz CT molecular complexity index is 760. The van der Waals surface area contributed by atoms with Crippen LogP contribution >= 0.6 is 11.6 Å². The average Bonchev–Trinajstić information content (AvgIpc) is 2.65. The molecule has 0 saturated carbocycles. The second kappa shape index (κ2) is 7.67. The van der Waals surface area contributed by atoms with Crippen molar-refractivity contribution >= 4 is 29.1 Å². The first kappa shape index (κ1) is 17.4. The zero-order chi connectivity index (χ0) is 17.8. The molecule has 0 spiro atoms. The number of carbonyl (C=O) groups excluding carboxylic acids is 1. The zero-order valence-corrected chi connectivity index (χ0v) is 14.9. The summed E-state index contributed by atoms with van der Waals surface area (Å²) >= 11 is 6.33. The third kappa shape index (κ3) is 4.00. The van der Waals surface area contributed by atoms with Crippen LogP contribution in [0, 0.1) is 6.92 Å². The van der Waals surface area contributed by atoms with Crippen molar-refractivity contribution in [3.63, 3.8) is 0 Å². The van der Waals surface area contributed by atoms with E-state index in [0.717, 1.165) is 30.0 Å². The maximum atomic E-state index is 11.4. The van der Waals surface area contributed by atoms with Crippen molar-refractivity contribution in [1.29, 1.82) is 0 Å². The zero-order valence-electron chi connectivity index (χ0n) is 14.2. The van der Waals surface area contributed by atoms with Crippen molar-refractivity contribution in [2.24, 2.45) is 0 Å². The summed E-state index contributed by atoms with van der Waals surface area (Å²) < 4.78 is 5.40. The number of halogens is 1. The van der Waals surface area contributed by atoms with Gasteiger partial charge in [0, 0.05) is 37.0 Å². The van der Waals surface area contributed by atoms with Crippen LogP contribution in [0.5, 0.6) is 0 Å². The van der Waals surface area contributed by atoms with Gasteiger partial charge < -0.3 is 20.3 Å². The summed E-state index contributed by atoms with van der Waals surface area (Å²) in [5.41, 5.74) is 2.39. The van der Waals surface area contributed by atoms with Crippen molar-refractivity contribution in [1.82, 2.24) is 15.3 Å². The smallest absolute Gasteiger partial charge is 0.318 e. The summed E-state index contributed by atoms with van der Waals surface area (Å²) in [5.74, 6) is 1.40. The molecule has 8 heteroatoms. The lowest BCUT2D eigenvalue weighted by atomic mass is 10.2. The van der Waals surface area contributed by atoms with Gasteiger partial charge in [-0.15, -0.1) is 0 Å². The number of aromatic nitrogens is 2. The van der Waals surface area contributed by atoms with E-state index in [1.54, 1.807) is 19.2 Å². The summed E-state index contributed by atoms with van der Waals surface area (Å²) in [5, 5.41) is 5.67. The number of hydrogen-bond acceptors (Lipinski definition) is 5. The number of nitrogens with zero attached hydrogens (tertiary/aromatic N) is 3. The van der Waals surface area contributed by atoms with E-state index in [9.17, 15) is 4.79 Å². The van der Waals surface area contributed by atoms with Crippen molar-refractivity contribution in [3.8, 4) is 11.4 Å². The quantitative estimate of drug-likeness (QED) is 0.822. The second-order valence-corrected chi connectivity index (χ2v) is 6.03. The number of benzene rings is 1. The molecule has 0 atom stereocenters. The van der Waals surface area contributed by atoms with Crippen LogP contribution in [0.15, 0.2) is 24.3 Å². The summed E-state index contributed by atoms with van der Waals surface area (Å²) in [6.07, 6.45) is 0. The highest BCUT2D eigenvalue weighted by Crippen LogP contribution is 2.28. The topological polar surface area (TPSA) is 79.4 Å². The normalized spacial score (nSPS) is 14.3. The van der Waals surface area contributed by atoms with Gasteiger partial charge in [-0.25, -0.2) is 14.8 Å². The van der Waals surface area contributed by atoms with E-state index < -0.39 is 0 Å². The fraction of sp³-hybridized carbons (Fsp3) is 0.353. The number of carbonyl (C=O) groups is 1. The van der Waals surface area contributed by atoms with Crippen LogP contribution in [-0.4, -0.2) is 49.4 Å². The minimum atomic E-state index is -0.267. The number of morpholine rings is 1. The Hall–Kier alpha value is -2.38. The molecule has 1 aromatic carbocycles. The molecule has 2 N–H and O–H groups in total. The monoisotopic (exact) mass is 361 g/mol. The molecular formula is C17H20ClN5O2. The first-order valence-electron chi connectivity index (χ1n) is 8.04. The van der Waals surface area contributed by atoms with Gasteiger partial charge in [-0.05, 0) is 31.2 Å². The van der Waals surface area contributed by atoms with Gasteiger partial charge in [0.2, 0.25) is 0 Å². The molecule has 0 bridgehead atoms. The van der Waals surface area contributed by atoms with Crippen LogP contribution in [0.1, 0.15) is 5.56 Å². The number of ether oxygens (including phenoxy) is 1. The van der Waals surface area contributed by atoms with Crippen LogP contribution < -0.4 is 15.5 Å². The van der Waals surface area contributed by atoms with Gasteiger partial charge in [-0.3, -0.25) is 0 Å². The number of urea groups is 1. The van der Waals surface area contributed by atoms with E-state index in [1.165, 1.54) is 0 Å². The van der Waals surface area contributed by atoms with E-state index in [1.807, 2.05) is 19.1 Å². The van der Waals surface area contributed by atoms with Gasteiger partial charge >= 0.3 is 6.03 Å². The molecule has 1 fully saturated rings. The molecule has 3 rings (SSSR count). The highest BCUT2D eigenvalue weighted by atomic mass is 35.5. The Morgan fingerprint density at radius 1 is 1.20 bits per heavy atom. The van der Waals surface area contributed by atoms with E-state index in [4.69, 9.17) is 21.3 Å². The van der Waals surface area contributed by atoms with Gasteiger partial charge in [0.25, 0.3) is 0 Å². The Kier molecular flexibility index (Phi) is 5.35. The van der Waals surface area contributed by atoms with Gasteiger partial charge in [0.15, 0.2) is 5.82 Å². The number of nitrogens with one attached hydrogen (secondary N) is 2. The molecule has 2 aromatic rings. The van der Waals surface area contributed by atoms with E-state index in [2.05, 4.69) is 20.5 Å². The predicted molar refractivity (Wildman–Crippen MR) is 98.3 cm³/mol. The van der Waals surface area contributed by atoms with E-state index in [-0.39, 0.29) is 6.03 Å². The third-order valence-corrected chi connectivity index (χ3v) is 4.37. The van der Waals surface area contributed by atoms with Crippen molar-refractivity contribution < 1.29 is 9.53 Å². The van der Waals surface area contributed by atoms with Gasteiger partial charge in [-0.2, -0.15) is 0 Å². The highest BCUT2D eigenvalue weighted by molar-refractivity contribution is 6.30. The molecule has 7 nitrogen and oxygen atoms in total. The molecule has 1 aliphatic heterocycles. The number of rotatable bonds is 3. The molecular weight excluding hydrogens is 342 g/mol. The Morgan fingerprint density at radius 2 is 1.88 bits per heavy atom. The van der Waals surface area contributed by atoms with Crippen molar-refractivity contribution in [3.05, 3.63) is 35.0 Å². The minimum absolute atomic E-state index is 0.267. The third-order valence-electron chi connectivity index (χ3n) is 4.00. The first-order valence-corrected chi connectivity index (χ1v) is 8.42. The SMILES string of the molecule is CNC(=O)Nc1ccc(-c2nc(Cl)c(C)c(N3CCOCC3)n2)cc1. The second-order valence-electron chi connectivity index (χ2n) is 5.67. The molecule has 0 radical (unpaired) electrons. The van der Waals surface area contributed by atoms with Crippen LogP contribution in [0.3, 0.4) is 0 Å². The maximum Gasteiger partial charge on any atom is 0.318 e. The summed E-state index contributed by atoms with van der Waals surface area (Å²) in [6.45, 7) is 4.84. The Morgan fingerprint density at radius 3 is 2.52 bits per heavy atom. The molecule has 1 saturated heterocycles. The molecule has 0 unspecified atom stereocenters. The number of hydrogen-bond donors (Lipinski definition) is 2. The highest BCUT2D eigenvalue weighted by Gasteiger charge is 2.19. The minimum Gasteiger partial charge on any atom is -0.378 e. The molecule has 132 valence electrons. The number of amides is 2. The van der Waals surface area contributed by atoms with Crippen molar-refractivity contribution in [2.45, 2.75) is 6.92 Å². The molecule has 1 aromatic heterocycles. The Balaban J connectivity index is 1.89. The predicted octanol–water partition coefficient (Wildman–Crippen LogP) is 2.69. The summed E-state index contributed by atoms with van der Waals surface area (Å²) in [7, 11) is 1.57. The van der Waals surface area contributed by atoms with Crippen LogP contribution in [0.2, 0.25) is 5.15 Å². The van der Waals surface area contributed by atoms with Gasteiger partial charge in [0.05, 0.1) is 13.2 Å². The molecule has 25 heavy (non-hydrogen) atoms. The molecule has 1 aliphatic rings. The number of anilines is 2.